The zero-order valence-corrected chi connectivity index (χ0v) is 14.1. The van der Waals surface area contributed by atoms with Crippen molar-refractivity contribution < 1.29 is 8.42 Å². The fraction of sp³-hybridized carbons (Fsp3) is 0.467. The average Bonchev–Trinajstić information content (AvgIpc) is 2.37. The maximum absolute atomic E-state index is 12.3. The molecule has 0 fully saturated rings. The highest BCUT2D eigenvalue weighted by Gasteiger charge is 2.22. The summed E-state index contributed by atoms with van der Waals surface area (Å²) in [6, 6.07) is 7.38. The van der Waals surface area contributed by atoms with Crippen molar-refractivity contribution in [1.29, 1.82) is 0 Å². The fourth-order valence-corrected chi connectivity index (χ4v) is 3.51. The molecule has 0 aromatic heterocycles. The molecule has 1 aromatic carbocycles. The third-order valence-corrected chi connectivity index (χ3v) is 5.80. The van der Waals surface area contributed by atoms with Gasteiger partial charge in [0.2, 0.25) is 0 Å². The van der Waals surface area contributed by atoms with E-state index in [0.29, 0.717) is 5.75 Å². The molecular formula is C15H23NO2S2. The van der Waals surface area contributed by atoms with Crippen LogP contribution in [0.4, 0.5) is 0 Å². The highest BCUT2D eigenvalue weighted by molar-refractivity contribution is 7.85. The fourth-order valence-electron chi connectivity index (χ4n) is 1.41. The predicted octanol–water partition coefficient (Wildman–Crippen LogP) is 2.71. The Morgan fingerprint density at radius 3 is 2.25 bits per heavy atom. The SMILES string of the molecule is C=C[C@H](C[S@@](=O)c1ccc(C)cc1)N[S@@](=O)C(C)(C)C. The highest BCUT2D eigenvalue weighted by atomic mass is 32.2. The molecule has 0 spiro atoms. The lowest BCUT2D eigenvalue weighted by molar-refractivity contribution is 0.627. The molecule has 0 radical (unpaired) electrons. The van der Waals surface area contributed by atoms with E-state index < -0.39 is 21.8 Å². The number of hydrogen-bond donors (Lipinski definition) is 1. The van der Waals surface area contributed by atoms with Gasteiger partial charge in [0.25, 0.3) is 0 Å². The van der Waals surface area contributed by atoms with Crippen molar-refractivity contribution in [3.63, 3.8) is 0 Å². The predicted molar refractivity (Wildman–Crippen MR) is 87.5 cm³/mol. The van der Waals surface area contributed by atoms with Crippen LogP contribution in [0.5, 0.6) is 0 Å². The van der Waals surface area contributed by atoms with Gasteiger partial charge in [0.1, 0.15) is 0 Å². The summed E-state index contributed by atoms with van der Waals surface area (Å²) in [5.41, 5.74) is 1.14. The normalized spacial score (nSPS) is 16.4. The molecule has 1 aromatic rings. The van der Waals surface area contributed by atoms with Crippen LogP contribution in [0.1, 0.15) is 26.3 Å². The molecule has 1 rings (SSSR count). The second-order valence-corrected chi connectivity index (χ2v) is 9.16. The van der Waals surface area contributed by atoms with Crippen molar-refractivity contribution in [3.8, 4) is 0 Å². The molecule has 0 saturated heterocycles. The van der Waals surface area contributed by atoms with Gasteiger partial charge in [0, 0.05) is 16.7 Å². The topological polar surface area (TPSA) is 46.2 Å². The van der Waals surface area contributed by atoms with Crippen molar-refractivity contribution in [2.24, 2.45) is 0 Å². The van der Waals surface area contributed by atoms with Gasteiger partial charge in [-0.15, -0.1) is 6.58 Å². The van der Waals surface area contributed by atoms with Gasteiger partial charge in [-0.05, 0) is 39.8 Å². The monoisotopic (exact) mass is 313 g/mol. The smallest absolute Gasteiger partial charge is 0.0976 e. The van der Waals surface area contributed by atoms with Gasteiger partial charge in [-0.3, -0.25) is 4.21 Å². The van der Waals surface area contributed by atoms with Crippen molar-refractivity contribution >= 4 is 21.8 Å². The third-order valence-electron chi connectivity index (χ3n) is 2.71. The zero-order valence-electron chi connectivity index (χ0n) is 12.5. The van der Waals surface area contributed by atoms with Crippen LogP contribution in [0.15, 0.2) is 41.8 Å². The lowest BCUT2D eigenvalue weighted by atomic mass is 10.2. The van der Waals surface area contributed by atoms with E-state index >= 15 is 0 Å². The van der Waals surface area contributed by atoms with Crippen LogP contribution in [0.25, 0.3) is 0 Å². The van der Waals surface area contributed by atoms with Crippen LogP contribution < -0.4 is 4.72 Å². The van der Waals surface area contributed by atoms with Crippen molar-refractivity contribution in [3.05, 3.63) is 42.5 Å². The van der Waals surface area contributed by atoms with Gasteiger partial charge in [-0.2, -0.15) is 0 Å². The van der Waals surface area contributed by atoms with Crippen molar-refractivity contribution in [2.75, 3.05) is 5.75 Å². The summed E-state index contributed by atoms with van der Waals surface area (Å²) < 4.78 is 27.0. The van der Waals surface area contributed by atoms with E-state index in [-0.39, 0.29) is 10.8 Å². The molecule has 0 heterocycles. The molecule has 0 amide bonds. The summed E-state index contributed by atoms with van der Waals surface area (Å²) in [5, 5.41) is 0. The highest BCUT2D eigenvalue weighted by Crippen LogP contribution is 2.12. The molecule has 0 aliphatic heterocycles. The molecule has 112 valence electrons. The Kier molecular flexibility index (Phi) is 6.30. The molecule has 0 aliphatic carbocycles. The van der Waals surface area contributed by atoms with Gasteiger partial charge < -0.3 is 0 Å². The maximum Gasteiger partial charge on any atom is 0.0976 e. The van der Waals surface area contributed by atoms with Crippen molar-refractivity contribution in [2.45, 2.75) is 43.4 Å². The summed E-state index contributed by atoms with van der Waals surface area (Å²) in [7, 11) is -2.33. The minimum Gasteiger partial charge on any atom is -0.254 e. The second kappa shape index (κ2) is 7.29. The summed E-state index contributed by atoms with van der Waals surface area (Å²) in [6.45, 7) is 11.4. The van der Waals surface area contributed by atoms with E-state index in [1.54, 1.807) is 6.08 Å². The number of aryl methyl sites for hydroxylation is 1. The van der Waals surface area contributed by atoms with Gasteiger partial charge in [0.05, 0.1) is 26.5 Å². The third kappa shape index (κ3) is 5.31. The molecule has 0 saturated carbocycles. The molecule has 3 atom stereocenters. The first-order valence-electron chi connectivity index (χ1n) is 6.49. The summed E-state index contributed by atoms with van der Waals surface area (Å²) >= 11 is 0. The van der Waals surface area contributed by atoms with Gasteiger partial charge >= 0.3 is 0 Å². The van der Waals surface area contributed by atoms with Crippen LogP contribution in [0.2, 0.25) is 0 Å². The lowest BCUT2D eigenvalue weighted by Crippen LogP contribution is -2.41. The van der Waals surface area contributed by atoms with Crippen LogP contribution in [-0.4, -0.2) is 25.0 Å². The number of benzene rings is 1. The Hall–Kier alpha value is -0.780. The van der Waals surface area contributed by atoms with E-state index in [9.17, 15) is 8.42 Å². The molecular weight excluding hydrogens is 290 g/mol. The quantitative estimate of drug-likeness (QED) is 0.821. The first-order chi connectivity index (χ1) is 9.24. The molecule has 1 N–H and O–H groups in total. The van der Waals surface area contributed by atoms with E-state index in [4.69, 9.17) is 0 Å². The Balaban J connectivity index is 2.69. The Bertz CT molecular complexity index is 504. The zero-order chi connectivity index (χ0) is 15.3. The summed E-state index contributed by atoms with van der Waals surface area (Å²) in [5.74, 6) is 0.369. The Morgan fingerprint density at radius 2 is 1.80 bits per heavy atom. The minimum absolute atomic E-state index is 0.239. The van der Waals surface area contributed by atoms with E-state index in [1.165, 1.54) is 0 Å². The Labute approximate surface area is 126 Å². The maximum atomic E-state index is 12.3. The van der Waals surface area contributed by atoms with Gasteiger partial charge in [0.15, 0.2) is 0 Å². The second-order valence-electron chi connectivity index (χ2n) is 5.67. The first-order valence-corrected chi connectivity index (χ1v) is 8.96. The Morgan fingerprint density at radius 1 is 1.25 bits per heavy atom. The standard InChI is InChI=1S/C15H23NO2S2/c1-6-13(16-20(18)15(3,4)5)11-19(17)14-9-7-12(2)8-10-14/h6-10,13,16H,1,11H2,2-5H3/t13-,19-,20+/m1/s1. The molecule has 0 unspecified atom stereocenters. The molecule has 3 nitrogen and oxygen atoms in total. The number of nitrogens with one attached hydrogen (secondary N) is 1. The lowest BCUT2D eigenvalue weighted by Gasteiger charge is -2.22. The molecule has 0 aliphatic rings. The molecule has 5 heteroatoms. The van der Waals surface area contributed by atoms with Gasteiger partial charge in [-0.1, -0.05) is 23.8 Å². The van der Waals surface area contributed by atoms with Crippen LogP contribution in [0.3, 0.4) is 0 Å². The van der Waals surface area contributed by atoms with E-state index in [0.717, 1.165) is 10.5 Å². The summed E-state index contributed by atoms with van der Waals surface area (Å²) in [4.78, 5) is 0.783. The minimum atomic E-state index is -1.20. The first kappa shape index (κ1) is 17.3. The molecule has 0 bridgehead atoms. The van der Waals surface area contributed by atoms with Crippen molar-refractivity contribution in [1.82, 2.24) is 4.72 Å². The van der Waals surface area contributed by atoms with Crippen LogP contribution in [-0.2, 0) is 21.8 Å². The largest absolute Gasteiger partial charge is 0.254 e. The van der Waals surface area contributed by atoms with Gasteiger partial charge in [-0.25, -0.2) is 8.93 Å². The average molecular weight is 313 g/mol. The number of hydrogen-bond acceptors (Lipinski definition) is 2. The summed E-state index contributed by atoms with van der Waals surface area (Å²) in [6.07, 6.45) is 1.66. The number of rotatable bonds is 6. The van der Waals surface area contributed by atoms with E-state index in [2.05, 4.69) is 11.3 Å². The van der Waals surface area contributed by atoms with E-state index in [1.807, 2.05) is 52.0 Å². The van der Waals surface area contributed by atoms with Crippen LogP contribution in [0, 0.1) is 6.92 Å². The van der Waals surface area contributed by atoms with Crippen LogP contribution >= 0.6 is 0 Å². The molecule has 20 heavy (non-hydrogen) atoms.